The molecule has 0 bridgehead atoms. The van der Waals surface area contributed by atoms with Gasteiger partial charge in [-0.05, 0) is 26.0 Å². The van der Waals surface area contributed by atoms with E-state index >= 15 is 0 Å². The fourth-order valence-corrected chi connectivity index (χ4v) is 3.20. The zero-order chi connectivity index (χ0) is 23.0. The lowest BCUT2D eigenvalue weighted by Crippen LogP contribution is -2.31. The molecule has 2 rings (SSSR count). The van der Waals surface area contributed by atoms with E-state index < -0.39 is 22.8 Å². The first kappa shape index (κ1) is 24.2. The van der Waals surface area contributed by atoms with Crippen molar-refractivity contribution in [1.29, 1.82) is 0 Å². The Morgan fingerprint density at radius 1 is 1.06 bits per heavy atom. The third-order valence-electron chi connectivity index (χ3n) is 4.33. The molecule has 0 aliphatic carbocycles. The first-order valence-electron chi connectivity index (χ1n) is 9.68. The first-order chi connectivity index (χ1) is 14.7. The number of Topliss-reactive ketones (excluding diaryl/α,β-unsaturated/α-hetero) is 1. The van der Waals surface area contributed by atoms with Crippen LogP contribution in [0.1, 0.15) is 55.1 Å². The number of nitro groups is 1. The van der Waals surface area contributed by atoms with Gasteiger partial charge in [-0.2, -0.15) is 0 Å². The number of nitrogens with zero attached hydrogens (tertiary/aromatic N) is 1. The van der Waals surface area contributed by atoms with Crippen molar-refractivity contribution in [3.8, 4) is 0 Å². The normalized spacial score (nSPS) is 11.6. The Labute approximate surface area is 188 Å². The number of halogens is 1. The van der Waals surface area contributed by atoms with Crippen LogP contribution in [0.2, 0.25) is 0 Å². The maximum atomic E-state index is 12.5. The fourth-order valence-electron chi connectivity index (χ4n) is 2.94. The lowest BCUT2D eigenvalue weighted by atomic mass is 10.0. The van der Waals surface area contributed by atoms with Gasteiger partial charge in [-0.25, -0.2) is 0 Å². The van der Waals surface area contributed by atoms with Crippen LogP contribution < -0.4 is 5.32 Å². The van der Waals surface area contributed by atoms with Crippen LogP contribution in [0, 0.1) is 10.1 Å². The van der Waals surface area contributed by atoms with Crippen LogP contribution in [0.15, 0.2) is 53.0 Å². The molecule has 1 unspecified atom stereocenters. The molecule has 1 amide bonds. The summed E-state index contributed by atoms with van der Waals surface area (Å²) in [6, 6.07) is 11.7. The number of hydrogen-bond acceptors (Lipinski definition) is 6. The monoisotopic (exact) mass is 490 g/mol. The predicted octanol–water partition coefficient (Wildman–Crippen LogP) is 4.52. The second kappa shape index (κ2) is 11.4. The summed E-state index contributed by atoms with van der Waals surface area (Å²) in [5.41, 5.74) is 0.462. The highest BCUT2D eigenvalue weighted by Gasteiger charge is 2.26. The number of rotatable bonds is 10. The van der Waals surface area contributed by atoms with E-state index in [0.717, 1.165) is 4.47 Å². The number of ketones is 1. The number of amides is 1. The maximum Gasteiger partial charge on any atom is 0.308 e. The number of carbonyl (C=O) groups is 3. The van der Waals surface area contributed by atoms with E-state index in [2.05, 4.69) is 21.2 Å². The standard InChI is InChI=1S/C22H23BrN2O6/c1-14(2)31-22(28)13-18(17-5-3-4-6-19(17)25(29)30)24-21(27)12-11-20(26)15-7-9-16(23)10-8-15/h3-10,14,18H,11-13H2,1-2H3,(H,24,27). The van der Waals surface area contributed by atoms with Gasteiger partial charge in [-0.3, -0.25) is 24.5 Å². The van der Waals surface area contributed by atoms with Crippen molar-refractivity contribution >= 4 is 39.3 Å². The Balaban J connectivity index is 2.12. The molecule has 0 heterocycles. The zero-order valence-corrected chi connectivity index (χ0v) is 18.8. The molecule has 8 nitrogen and oxygen atoms in total. The Morgan fingerprint density at radius 3 is 2.32 bits per heavy atom. The third-order valence-corrected chi connectivity index (χ3v) is 4.86. The van der Waals surface area contributed by atoms with Crippen LogP contribution in [0.3, 0.4) is 0 Å². The maximum absolute atomic E-state index is 12.5. The van der Waals surface area contributed by atoms with Gasteiger partial charge in [0.1, 0.15) is 0 Å². The van der Waals surface area contributed by atoms with Crippen molar-refractivity contribution in [1.82, 2.24) is 5.32 Å². The van der Waals surface area contributed by atoms with Gasteiger partial charge in [0, 0.05) is 28.9 Å². The summed E-state index contributed by atoms with van der Waals surface area (Å²) in [5.74, 6) is -1.29. The summed E-state index contributed by atoms with van der Waals surface area (Å²) in [6.45, 7) is 3.37. The minimum absolute atomic E-state index is 0.0342. The van der Waals surface area contributed by atoms with E-state index in [9.17, 15) is 24.5 Å². The molecular formula is C22H23BrN2O6. The van der Waals surface area contributed by atoms with Crippen molar-refractivity contribution in [3.63, 3.8) is 0 Å². The summed E-state index contributed by atoms with van der Waals surface area (Å²) in [7, 11) is 0. The molecule has 0 spiro atoms. The lowest BCUT2D eigenvalue weighted by Gasteiger charge is -2.19. The molecule has 0 saturated carbocycles. The molecule has 9 heteroatoms. The number of para-hydroxylation sites is 1. The van der Waals surface area contributed by atoms with Crippen molar-refractivity contribution < 1.29 is 24.0 Å². The zero-order valence-electron chi connectivity index (χ0n) is 17.2. The molecule has 0 aliphatic heterocycles. The van der Waals surface area contributed by atoms with Crippen LogP contribution in [-0.2, 0) is 14.3 Å². The van der Waals surface area contributed by atoms with Crippen molar-refractivity contribution in [3.05, 3.63) is 74.2 Å². The number of benzene rings is 2. The van der Waals surface area contributed by atoms with E-state index in [-0.39, 0.29) is 42.4 Å². The quantitative estimate of drug-likeness (QED) is 0.226. The minimum Gasteiger partial charge on any atom is -0.463 e. The second-order valence-corrected chi connectivity index (χ2v) is 8.02. The van der Waals surface area contributed by atoms with E-state index in [4.69, 9.17) is 4.74 Å². The average Bonchev–Trinajstić information content (AvgIpc) is 2.71. The highest BCUT2D eigenvalue weighted by Crippen LogP contribution is 2.27. The topological polar surface area (TPSA) is 116 Å². The van der Waals surface area contributed by atoms with E-state index in [1.54, 1.807) is 44.2 Å². The van der Waals surface area contributed by atoms with E-state index in [0.29, 0.717) is 5.56 Å². The molecule has 164 valence electrons. The summed E-state index contributed by atoms with van der Waals surface area (Å²) >= 11 is 3.30. The fraction of sp³-hybridized carbons (Fsp3) is 0.318. The molecule has 2 aromatic rings. The van der Waals surface area contributed by atoms with Gasteiger partial charge in [0.2, 0.25) is 5.91 Å². The van der Waals surface area contributed by atoms with Gasteiger partial charge in [-0.15, -0.1) is 0 Å². The Morgan fingerprint density at radius 2 is 1.71 bits per heavy atom. The van der Waals surface area contributed by atoms with Crippen molar-refractivity contribution in [2.24, 2.45) is 0 Å². The molecule has 0 aromatic heterocycles. The van der Waals surface area contributed by atoms with Crippen molar-refractivity contribution in [2.45, 2.75) is 45.3 Å². The third kappa shape index (κ3) is 7.60. The SMILES string of the molecule is CC(C)OC(=O)CC(NC(=O)CCC(=O)c1ccc(Br)cc1)c1ccccc1[N+](=O)[O-]. The van der Waals surface area contributed by atoms with E-state index in [1.807, 2.05) is 0 Å². The molecule has 0 fully saturated rings. The molecule has 0 radical (unpaired) electrons. The molecule has 0 aliphatic rings. The van der Waals surface area contributed by atoms with Gasteiger partial charge < -0.3 is 10.1 Å². The first-order valence-corrected chi connectivity index (χ1v) is 10.5. The molecular weight excluding hydrogens is 468 g/mol. The molecule has 1 atom stereocenters. The highest BCUT2D eigenvalue weighted by molar-refractivity contribution is 9.10. The van der Waals surface area contributed by atoms with Gasteiger partial charge in [-0.1, -0.05) is 46.3 Å². The number of hydrogen-bond donors (Lipinski definition) is 1. The van der Waals surface area contributed by atoms with E-state index in [1.165, 1.54) is 18.2 Å². The number of nitrogens with one attached hydrogen (secondary N) is 1. The Bertz CT molecular complexity index is 959. The van der Waals surface area contributed by atoms with Crippen LogP contribution >= 0.6 is 15.9 Å². The van der Waals surface area contributed by atoms with Gasteiger partial charge in [0.15, 0.2) is 5.78 Å². The Hall–Kier alpha value is -3.07. The molecule has 2 aromatic carbocycles. The lowest BCUT2D eigenvalue weighted by molar-refractivity contribution is -0.385. The Kier molecular flexibility index (Phi) is 8.87. The average molecular weight is 491 g/mol. The molecule has 0 saturated heterocycles. The van der Waals surface area contributed by atoms with Gasteiger partial charge in [0.25, 0.3) is 5.69 Å². The van der Waals surface area contributed by atoms with Crippen LogP contribution in [0.25, 0.3) is 0 Å². The number of esters is 1. The largest absolute Gasteiger partial charge is 0.463 e. The predicted molar refractivity (Wildman–Crippen MR) is 118 cm³/mol. The highest BCUT2D eigenvalue weighted by atomic mass is 79.9. The van der Waals surface area contributed by atoms with Crippen LogP contribution in [0.4, 0.5) is 5.69 Å². The van der Waals surface area contributed by atoms with Crippen LogP contribution in [-0.4, -0.2) is 28.7 Å². The summed E-state index contributed by atoms with van der Waals surface area (Å²) in [5, 5.41) is 14.0. The number of nitro benzene ring substituents is 1. The smallest absolute Gasteiger partial charge is 0.308 e. The summed E-state index contributed by atoms with van der Waals surface area (Å²) < 4.78 is 5.97. The summed E-state index contributed by atoms with van der Waals surface area (Å²) in [6.07, 6.45) is -0.785. The minimum atomic E-state index is -0.955. The summed E-state index contributed by atoms with van der Waals surface area (Å²) in [4.78, 5) is 47.8. The number of carbonyl (C=O) groups excluding carboxylic acids is 3. The van der Waals surface area contributed by atoms with Gasteiger partial charge in [0.05, 0.1) is 29.1 Å². The molecule has 31 heavy (non-hydrogen) atoms. The van der Waals surface area contributed by atoms with Crippen molar-refractivity contribution in [2.75, 3.05) is 0 Å². The second-order valence-electron chi connectivity index (χ2n) is 7.11. The van der Waals surface area contributed by atoms with Crippen LogP contribution in [0.5, 0.6) is 0 Å². The number of ether oxygens (including phenoxy) is 1. The molecule has 1 N–H and O–H groups in total. The van der Waals surface area contributed by atoms with Gasteiger partial charge >= 0.3 is 5.97 Å².